The molecule has 3 aromatic rings. The minimum atomic E-state index is -0.540. The van der Waals surface area contributed by atoms with E-state index in [-0.39, 0.29) is 11.3 Å². The van der Waals surface area contributed by atoms with Crippen LogP contribution in [0.5, 0.6) is 11.5 Å². The number of benzene rings is 3. The standard InChI is InChI=1S/C24H19ClN2O3/c1-30-23-13-16(6-7-18(23)14-17-4-2-3-5-22(17)25)12-19(15-26)24(29)27-20-8-10-21(28)11-9-20/h2-13,28H,14H2,1H3,(H,27,29)/b19-12+. The van der Waals surface area contributed by atoms with Crippen molar-refractivity contribution in [2.24, 2.45) is 0 Å². The number of phenols is 1. The molecule has 6 heteroatoms. The van der Waals surface area contributed by atoms with Gasteiger partial charge in [0.1, 0.15) is 23.1 Å². The summed E-state index contributed by atoms with van der Waals surface area (Å²) in [6.07, 6.45) is 2.09. The van der Waals surface area contributed by atoms with Crippen molar-refractivity contribution in [2.45, 2.75) is 6.42 Å². The third-order valence-electron chi connectivity index (χ3n) is 4.45. The van der Waals surface area contributed by atoms with Crippen LogP contribution < -0.4 is 10.1 Å². The zero-order valence-electron chi connectivity index (χ0n) is 16.2. The van der Waals surface area contributed by atoms with E-state index in [1.165, 1.54) is 18.2 Å². The van der Waals surface area contributed by atoms with Crippen LogP contribution >= 0.6 is 11.6 Å². The Kier molecular flexibility index (Phi) is 6.74. The molecule has 0 radical (unpaired) electrons. The van der Waals surface area contributed by atoms with Crippen LogP contribution in [0.4, 0.5) is 5.69 Å². The van der Waals surface area contributed by atoms with Crippen LogP contribution in [0.1, 0.15) is 16.7 Å². The van der Waals surface area contributed by atoms with Gasteiger partial charge in [0.05, 0.1) is 7.11 Å². The van der Waals surface area contributed by atoms with E-state index < -0.39 is 5.91 Å². The lowest BCUT2D eigenvalue weighted by atomic mass is 10.0. The average Bonchev–Trinajstić information content (AvgIpc) is 2.76. The Bertz CT molecular complexity index is 1130. The smallest absolute Gasteiger partial charge is 0.266 e. The maximum Gasteiger partial charge on any atom is 0.266 e. The first-order chi connectivity index (χ1) is 14.5. The topological polar surface area (TPSA) is 82.3 Å². The van der Waals surface area contributed by atoms with Crippen molar-refractivity contribution in [3.05, 3.63) is 94.0 Å². The number of nitriles is 1. The molecule has 3 aromatic carbocycles. The minimum absolute atomic E-state index is 0.0519. The Labute approximate surface area is 179 Å². The van der Waals surface area contributed by atoms with E-state index in [4.69, 9.17) is 16.3 Å². The number of anilines is 1. The molecule has 0 bridgehead atoms. The number of nitrogens with one attached hydrogen (secondary N) is 1. The SMILES string of the molecule is COc1cc(/C=C(\C#N)C(=O)Nc2ccc(O)cc2)ccc1Cc1ccccc1Cl. The van der Waals surface area contributed by atoms with Gasteiger partial charge >= 0.3 is 0 Å². The average molecular weight is 419 g/mol. The zero-order valence-corrected chi connectivity index (χ0v) is 17.0. The van der Waals surface area contributed by atoms with Crippen LogP contribution in [0.3, 0.4) is 0 Å². The highest BCUT2D eigenvalue weighted by Gasteiger charge is 2.12. The maximum atomic E-state index is 12.4. The van der Waals surface area contributed by atoms with Gasteiger partial charge in [-0.1, -0.05) is 41.9 Å². The van der Waals surface area contributed by atoms with Gasteiger partial charge in [0.15, 0.2) is 0 Å². The number of hydrogen-bond acceptors (Lipinski definition) is 4. The highest BCUT2D eigenvalue weighted by atomic mass is 35.5. The molecule has 0 aliphatic heterocycles. The monoisotopic (exact) mass is 418 g/mol. The lowest BCUT2D eigenvalue weighted by Gasteiger charge is -2.11. The molecule has 0 aliphatic rings. The van der Waals surface area contributed by atoms with Crippen LogP contribution in [0.15, 0.2) is 72.3 Å². The molecule has 2 N–H and O–H groups in total. The Morgan fingerprint density at radius 2 is 1.87 bits per heavy atom. The molecule has 0 aromatic heterocycles. The van der Waals surface area contributed by atoms with Crippen molar-refractivity contribution in [2.75, 3.05) is 12.4 Å². The molecule has 0 saturated heterocycles. The highest BCUT2D eigenvalue weighted by molar-refractivity contribution is 6.31. The van der Waals surface area contributed by atoms with Gasteiger partial charge in [0, 0.05) is 17.1 Å². The summed E-state index contributed by atoms with van der Waals surface area (Å²) in [5.74, 6) is 0.190. The van der Waals surface area contributed by atoms with Crippen LogP contribution in [0.25, 0.3) is 6.08 Å². The summed E-state index contributed by atoms with van der Waals surface area (Å²) >= 11 is 6.25. The second kappa shape index (κ2) is 9.64. The molecule has 0 saturated carbocycles. The number of carbonyl (C=O) groups is 1. The van der Waals surface area contributed by atoms with Gasteiger partial charge in [-0.2, -0.15) is 5.26 Å². The Balaban J connectivity index is 1.82. The predicted molar refractivity (Wildman–Crippen MR) is 118 cm³/mol. The summed E-state index contributed by atoms with van der Waals surface area (Å²) in [6, 6.07) is 21.0. The lowest BCUT2D eigenvalue weighted by molar-refractivity contribution is -0.112. The number of amides is 1. The summed E-state index contributed by atoms with van der Waals surface area (Å²) in [5, 5.41) is 22.1. The minimum Gasteiger partial charge on any atom is -0.508 e. The highest BCUT2D eigenvalue weighted by Crippen LogP contribution is 2.27. The van der Waals surface area contributed by atoms with Gasteiger partial charge in [0.25, 0.3) is 5.91 Å². The molecule has 0 aliphatic carbocycles. The third kappa shape index (κ3) is 5.19. The summed E-state index contributed by atoms with van der Waals surface area (Å²) in [7, 11) is 1.57. The second-order valence-corrected chi connectivity index (χ2v) is 6.92. The molecule has 150 valence electrons. The van der Waals surface area contributed by atoms with Gasteiger partial charge in [-0.3, -0.25) is 4.79 Å². The third-order valence-corrected chi connectivity index (χ3v) is 4.82. The van der Waals surface area contributed by atoms with Crippen LogP contribution in [-0.4, -0.2) is 18.1 Å². The van der Waals surface area contributed by atoms with Crippen molar-refractivity contribution < 1.29 is 14.6 Å². The van der Waals surface area contributed by atoms with Crippen molar-refractivity contribution in [1.29, 1.82) is 5.26 Å². The van der Waals surface area contributed by atoms with Gasteiger partial charge < -0.3 is 15.2 Å². The Morgan fingerprint density at radius 1 is 1.13 bits per heavy atom. The fourth-order valence-corrected chi connectivity index (χ4v) is 3.10. The molecular formula is C24H19ClN2O3. The van der Waals surface area contributed by atoms with E-state index in [9.17, 15) is 15.2 Å². The quantitative estimate of drug-likeness (QED) is 0.328. The van der Waals surface area contributed by atoms with E-state index in [0.717, 1.165) is 11.1 Å². The zero-order chi connectivity index (χ0) is 21.5. The van der Waals surface area contributed by atoms with Crippen LogP contribution in [-0.2, 0) is 11.2 Å². The van der Waals surface area contributed by atoms with Crippen molar-refractivity contribution >= 4 is 29.3 Å². The van der Waals surface area contributed by atoms with E-state index in [2.05, 4.69) is 5.32 Å². The van der Waals surface area contributed by atoms with Crippen LogP contribution in [0.2, 0.25) is 5.02 Å². The largest absolute Gasteiger partial charge is 0.508 e. The van der Waals surface area contributed by atoms with Gasteiger partial charge in [-0.05, 0) is 59.2 Å². The predicted octanol–water partition coefficient (Wildman–Crippen LogP) is 5.19. The van der Waals surface area contributed by atoms with Crippen molar-refractivity contribution in [3.8, 4) is 17.6 Å². The number of carbonyl (C=O) groups excluding carboxylic acids is 1. The fraction of sp³-hybridized carbons (Fsp3) is 0.0833. The van der Waals surface area contributed by atoms with Crippen LogP contribution in [0, 0.1) is 11.3 Å². The molecule has 1 amide bonds. The number of rotatable bonds is 6. The van der Waals surface area contributed by atoms with E-state index in [1.807, 2.05) is 42.5 Å². The first kappa shape index (κ1) is 21.0. The lowest BCUT2D eigenvalue weighted by Crippen LogP contribution is -2.13. The number of aromatic hydroxyl groups is 1. The molecule has 0 spiro atoms. The number of hydrogen-bond donors (Lipinski definition) is 2. The molecule has 0 atom stereocenters. The number of methoxy groups -OCH3 is 1. The maximum absolute atomic E-state index is 12.4. The Morgan fingerprint density at radius 3 is 2.53 bits per heavy atom. The molecule has 0 fully saturated rings. The molecule has 0 unspecified atom stereocenters. The van der Waals surface area contributed by atoms with E-state index in [1.54, 1.807) is 25.3 Å². The Hall–Kier alpha value is -3.75. The van der Waals surface area contributed by atoms with E-state index in [0.29, 0.717) is 28.4 Å². The number of ether oxygens (including phenoxy) is 1. The number of halogens is 1. The van der Waals surface area contributed by atoms with Crippen molar-refractivity contribution in [3.63, 3.8) is 0 Å². The molecule has 0 heterocycles. The molecular weight excluding hydrogens is 400 g/mol. The summed E-state index contributed by atoms with van der Waals surface area (Å²) in [5.41, 5.74) is 3.00. The number of nitrogens with zero attached hydrogens (tertiary/aromatic N) is 1. The summed E-state index contributed by atoms with van der Waals surface area (Å²) < 4.78 is 5.50. The molecule has 30 heavy (non-hydrogen) atoms. The van der Waals surface area contributed by atoms with E-state index >= 15 is 0 Å². The van der Waals surface area contributed by atoms with Gasteiger partial charge in [0.2, 0.25) is 0 Å². The first-order valence-electron chi connectivity index (χ1n) is 9.12. The fourth-order valence-electron chi connectivity index (χ4n) is 2.90. The van der Waals surface area contributed by atoms with Gasteiger partial charge in [-0.15, -0.1) is 0 Å². The molecule has 5 nitrogen and oxygen atoms in total. The van der Waals surface area contributed by atoms with Gasteiger partial charge in [-0.25, -0.2) is 0 Å². The normalized spacial score (nSPS) is 10.9. The van der Waals surface area contributed by atoms with Crippen molar-refractivity contribution in [1.82, 2.24) is 0 Å². The summed E-state index contributed by atoms with van der Waals surface area (Å²) in [4.78, 5) is 12.4. The molecule has 3 rings (SSSR count). The number of phenolic OH excluding ortho intramolecular Hbond substituents is 1. The first-order valence-corrected chi connectivity index (χ1v) is 9.50. The summed E-state index contributed by atoms with van der Waals surface area (Å²) in [6.45, 7) is 0. The second-order valence-electron chi connectivity index (χ2n) is 6.51.